The summed E-state index contributed by atoms with van der Waals surface area (Å²) in [4.78, 5) is 23.5. The van der Waals surface area contributed by atoms with Gasteiger partial charge in [-0.25, -0.2) is 4.98 Å². The number of rotatable bonds is 5. The number of carbonyl (C=O) groups is 1. The zero-order valence-corrected chi connectivity index (χ0v) is 15.6. The Bertz CT molecular complexity index is 886. The van der Waals surface area contributed by atoms with Gasteiger partial charge in [0.1, 0.15) is 5.75 Å². The number of thiazole rings is 1. The molecular weight excluding hydrogens is 360 g/mol. The fraction of sp³-hybridized carbons (Fsp3) is 0.250. The van der Waals surface area contributed by atoms with E-state index in [0.29, 0.717) is 23.7 Å². The predicted octanol–water partition coefficient (Wildman–Crippen LogP) is 4.19. The molecule has 27 heavy (non-hydrogen) atoms. The lowest BCUT2D eigenvalue weighted by molar-refractivity contribution is -0.120. The van der Waals surface area contributed by atoms with E-state index >= 15 is 0 Å². The summed E-state index contributed by atoms with van der Waals surface area (Å²) in [7, 11) is 0. The number of carbonyl (C=O) groups excluding carboxylic acids is 1. The summed E-state index contributed by atoms with van der Waals surface area (Å²) in [6.07, 6.45) is 6.99. The summed E-state index contributed by atoms with van der Waals surface area (Å²) in [5.41, 5.74) is 0.665. The number of nitrogens with one attached hydrogen (secondary N) is 1. The third-order valence-corrected chi connectivity index (χ3v) is 5.32. The second-order valence-electron chi connectivity index (χ2n) is 6.38. The third kappa shape index (κ3) is 4.25. The number of pyridine rings is 1. The highest BCUT2D eigenvalue weighted by atomic mass is 32.1. The normalized spacial score (nSPS) is 16.7. The molecule has 2 aromatic heterocycles. The van der Waals surface area contributed by atoms with Gasteiger partial charge in [-0.1, -0.05) is 12.1 Å². The van der Waals surface area contributed by atoms with E-state index in [9.17, 15) is 4.79 Å². The first-order valence-corrected chi connectivity index (χ1v) is 9.80. The Hall–Kier alpha value is -2.93. The van der Waals surface area contributed by atoms with Crippen molar-refractivity contribution in [1.82, 2.24) is 9.97 Å². The van der Waals surface area contributed by atoms with Gasteiger partial charge in [-0.2, -0.15) is 0 Å². The van der Waals surface area contributed by atoms with Gasteiger partial charge in [0.2, 0.25) is 5.91 Å². The van der Waals surface area contributed by atoms with Crippen molar-refractivity contribution in [2.75, 3.05) is 23.3 Å². The standard InChI is InChI=1S/C20H20N4O2S/c25-19(15-5-4-11-24(14-15)20-22-10-12-27-20)23-17-7-1-2-8-18(17)26-16-6-3-9-21-13-16/h1-3,6-10,12-13,15H,4-5,11,14H2,(H,23,25). The Morgan fingerprint density at radius 1 is 1.22 bits per heavy atom. The maximum Gasteiger partial charge on any atom is 0.229 e. The minimum absolute atomic E-state index is 0.0125. The molecule has 1 aromatic carbocycles. The summed E-state index contributed by atoms with van der Waals surface area (Å²) in [5, 5.41) is 5.98. The highest BCUT2D eigenvalue weighted by molar-refractivity contribution is 7.13. The molecule has 0 saturated carbocycles. The van der Waals surface area contributed by atoms with Crippen molar-refractivity contribution in [1.29, 1.82) is 0 Å². The average Bonchev–Trinajstić information content (AvgIpc) is 3.25. The van der Waals surface area contributed by atoms with Crippen LogP contribution in [0, 0.1) is 5.92 Å². The predicted molar refractivity (Wildman–Crippen MR) is 106 cm³/mol. The minimum Gasteiger partial charge on any atom is -0.454 e. The first-order chi connectivity index (χ1) is 13.3. The second kappa shape index (κ2) is 8.18. The first-order valence-electron chi connectivity index (χ1n) is 8.92. The first kappa shape index (κ1) is 17.5. The van der Waals surface area contributed by atoms with Crippen LogP contribution >= 0.6 is 11.3 Å². The van der Waals surface area contributed by atoms with Crippen LogP contribution < -0.4 is 15.0 Å². The van der Waals surface area contributed by atoms with E-state index in [0.717, 1.165) is 24.5 Å². The van der Waals surface area contributed by atoms with E-state index in [1.807, 2.05) is 41.8 Å². The molecule has 1 N–H and O–H groups in total. The highest BCUT2D eigenvalue weighted by Gasteiger charge is 2.27. The fourth-order valence-electron chi connectivity index (χ4n) is 3.17. The maximum absolute atomic E-state index is 12.9. The molecule has 1 aliphatic rings. The minimum atomic E-state index is -0.0749. The molecule has 0 bridgehead atoms. The van der Waals surface area contributed by atoms with Crippen molar-refractivity contribution in [3.05, 3.63) is 60.4 Å². The molecule has 0 radical (unpaired) electrons. The number of hydrogen-bond acceptors (Lipinski definition) is 6. The van der Waals surface area contributed by atoms with Crippen molar-refractivity contribution in [2.45, 2.75) is 12.8 Å². The van der Waals surface area contributed by atoms with Crippen LogP contribution in [-0.2, 0) is 4.79 Å². The molecule has 138 valence electrons. The quantitative estimate of drug-likeness (QED) is 0.719. The Labute approximate surface area is 161 Å². The highest BCUT2D eigenvalue weighted by Crippen LogP contribution is 2.30. The van der Waals surface area contributed by atoms with Crippen LogP contribution in [0.5, 0.6) is 11.5 Å². The smallest absolute Gasteiger partial charge is 0.229 e. The van der Waals surface area contributed by atoms with Crippen LogP contribution in [0.25, 0.3) is 0 Å². The molecule has 1 unspecified atom stereocenters. The number of aromatic nitrogens is 2. The van der Waals surface area contributed by atoms with Crippen LogP contribution in [0.4, 0.5) is 10.8 Å². The van der Waals surface area contributed by atoms with E-state index < -0.39 is 0 Å². The van der Waals surface area contributed by atoms with Gasteiger partial charge in [-0.3, -0.25) is 9.78 Å². The van der Waals surface area contributed by atoms with E-state index in [4.69, 9.17) is 4.74 Å². The van der Waals surface area contributed by atoms with Gasteiger partial charge in [0, 0.05) is 30.9 Å². The fourth-order valence-corrected chi connectivity index (χ4v) is 3.85. The van der Waals surface area contributed by atoms with Gasteiger partial charge >= 0.3 is 0 Å². The van der Waals surface area contributed by atoms with E-state index in [1.54, 1.807) is 29.9 Å². The number of hydrogen-bond donors (Lipinski definition) is 1. The van der Waals surface area contributed by atoms with Crippen LogP contribution in [0.2, 0.25) is 0 Å². The van der Waals surface area contributed by atoms with Gasteiger partial charge in [-0.15, -0.1) is 11.3 Å². The molecule has 1 saturated heterocycles. The summed E-state index contributed by atoms with van der Waals surface area (Å²) < 4.78 is 5.88. The summed E-state index contributed by atoms with van der Waals surface area (Å²) >= 11 is 1.61. The molecule has 0 aliphatic carbocycles. The number of piperidine rings is 1. The number of benzene rings is 1. The summed E-state index contributed by atoms with van der Waals surface area (Å²) in [5.74, 6) is 1.17. The van der Waals surface area contributed by atoms with Crippen LogP contribution in [0.15, 0.2) is 60.4 Å². The van der Waals surface area contributed by atoms with Crippen molar-refractivity contribution in [3.8, 4) is 11.5 Å². The molecule has 1 aliphatic heterocycles. The van der Waals surface area contributed by atoms with Crippen LogP contribution in [0.1, 0.15) is 12.8 Å². The third-order valence-electron chi connectivity index (χ3n) is 4.49. The molecule has 7 heteroatoms. The molecule has 4 rings (SSSR count). The molecule has 3 aromatic rings. The Morgan fingerprint density at radius 2 is 2.15 bits per heavy atom. The number of para-hydroxylation sites is 2. The van der Waals surface area contributed by atoms with Crippen molar-refractivity contribution in [3.63, 3.8) is 0 Å². The van der Waals surface area contributed by atoms with E-state index in [1.165, 1.54) is 0 Å². The van der Waals surface area contributed by atoms with Crippen molar-refractivity contribution < 1.29 is 9.53 Å². The molecule has 1 amide bonds. The zero-order chi connectivity index (χ0) is 18.5. The van der Waals surface area contributed by atoms with Gasteiger partial charge in [0.05, 0.1) is 17.8 Å². The molecule has 3 heterocycles. The van der Waals surface area contributed by atoms with Crippen LogP contribution in [-0.4, -0.2) is 29.0 Å². The van der Waals surface area contributed by atoms with Gasteiger partial charge < -0.3 is 15.0 Å². The summed E-state index contributed by atoms with van der Waals surface area (Å²) in [6.45, 7) is 1.63. The Kier molecular flexibility index (Phi) is 5.29. The number of nitrogens with zero attached hydrogens (tertiary/aromatic N) is 3. The average molecular weight is 380 g/mol. The van der Waals surface area contributed by atoms with E-state index in [2.05, 4.69) is 20.2 Å². The van der Waals surface area contributed by atoms with E-state index in [-0.39, 0.29) is 11.8 Å². The largest absolute Gasteiger partial charge is 0.454 e. The Morgan fingerprint density at radius 3 is 2.96 bits per heavy atom. The lowest BCUT2D eigenvalue weighted by Gasteiger charge is -2.31. The lowest BCUT2D eigenvalue weighted by Crippen LogP contribution is -2.40. The Balaban J connectivity index is 1.45. The van der Waals surface area contributed by atoms with Crippen LogP contribution in [0.3, 0.4) is 0 Å². The number of ether oxygens (including phenoxy) is 1. The molecule has 1 atom stereocenters. The molecule has 0 spiro atoms. The number of anilines is 2. The molecule has 1 fully saturated rings. The van der Waals surface area contributed by atoms with Gasteiger partial charge in [0.15, 0.2) is 10.9 Å². The molecule has 6 nitrogen and oxygen atoms in total. The summed E-state index contributed by atoms with van der Waals surface area (Å²) in [6, 6.07) is 11.1. The lowest BCUT2D eigenvalue weighted by atomic mass is 9.97. The zero-order valence-electron chi connectivity index (χ0n) is 14.7. The van der Waals surface area contributed by atoms with Crippen molar-refractivity contribution >= 4 is 28.1 Å². The van der Waals surface area contributed by atoms with Gasteiger partial charge in [0.25, 0.3) is 0 Å². The maximum atomic E-state index is 12.9. The second-order valence-corrected chi connectivity index (χ2v) is 7.25. The monoisotopic (exact) mass is 380 g/mol. The van der Waals surface area contributed by atoms with Crippen molar-refractivity contribution in [2.24, 2.45) is 5.92 Å². The topological polar surface area (TPSA) is 67.3 Å². The SMILES string of the molecule is O=C(Nc1ccccc1Oc1cccnc1)C1CCCN(c2nccs2)C1. The molecular formula is C20H20N4O2S. The number of amides is 1. The van der Waals surface area contributed by atoms with Gasteiger partial charge in [-0.05, 0) is 37.1 Å².